The van der Waals surface area contributed by atoms with Gasteiger partial charge in [0.25, 0.3) is 5.91 Å². The molecule has 0 bridgehead atoms. The van der Waals surface area contributed by atoms with Gasteiger partial charge < -0.3 is 15.5 Å². The molecule has 1 aromatic carbocycles. The van der Waals surface area contributed by atoms with Crippen molar-refractivity contribution in [2.75, 3.05) is 24.3 Å². The SMILES string of the molecule is CC(=O)NCc1ccc(C(=O)Nc2cncnc2N(C)C)cc1. The number of nitrogens with zero attached hydrogens (tertiary/aromatic N) is 3. The molecule has 0 unspecified atom stereocenters. The molecule has 0 saturated carbocycles. The Balaban J connectivity index is 2.08. The predicted octanol–water partition coefficient (Wildman–Crippen LogP) is 1.43. The highest BCUT2D eigenvalue weighted by Gasteiger charge is 2.11. The third-order valence-electron chi connectivity index (χ3n) is 3.12. The number of benzene rings is 1. The van der Waals surface area contributed by atoms with Gasteiger partial charge in [0, 0.05) is 33.1 Å². The number of carbonyl (C=O) groups excluding carboxylic acids is 2. The Morgan fingerprint density at radius 3 is 2.48 bits per heavy atom. The molecule has 0 fully saturated rings. The van der Waals surface area contributed by atoms with Crippen molar-refractivity contribution in [3.63, 3.8) is 0 Å². The largest absolute Gasteiger partial charge is 0.361 e. The zero-order chi connectivity index (χ0) is 16.8. The van der Waals surface area contributed by atoms with Gasteiger partial charge in [-0.2, -0.15) is 0 Å². The average molecular weight is 313 g/mol. The van der Waals surface area contributed by atoms with Crippen LogP contribution < -0.4 is 15.5 Å². The summed E-state index contributed by atoms with van der Waals surface area (Å²) >= 11 is 0. The molecule has 0 aliphatic heterocycles. The van der Waals surface area contributed by atoms with Crippen LogP contribution in [0.15, 0.2) is 36.8 Å². The number of amides is 2. The third-order valence-corrected chi connectivity index (χ3v) is 3.12. The molecule has 2 N–H and O–H groups in total. The van der Waals surface area contributed by atoms with Gasteiger partial charge in [-0.1, -0.05) is 12.1 Å². The van der Waals surface area contributed by atoms with Gasteiger partial charge in [-0.15, -0.1) is 0 Å². The van der Waals surface area contributed by atoms with Crippen LogP contribution in [0.5, 0.6) is 0 Å². The number of rotatable bonds is 5. The predicted molar refractivity (Wildman–Crippen MR) is 88.3 cm³/mol. The summed E-state index contributed by atoms with van der Waals surface area (Å²) < 4.78 is 0. The van der Waals surface area contributed by atoms with Crippen LogP contribution in [0, 0.1) is 0 Å². The molecule has 0 aliphatic carbocycles. The lowest BCUT2D eigenvalue weighted by molar-refractivity contribution is -0.119. The van der Waals surface area contributed by atoms with Gasteiger partial charge in [0.05, 0.1) is 6.20 Å². The highest BCUT2D eigenvalue weighted by molar-refractivity contribution is 6.05. The van der Waals surface area contributed by atoms with E-state index in [-0.39, 0.29) is 11.8 Å². The Bertz CT molecular complexity index is 698. The Hall–Kier alpha value is -2.96. The maximum atomic E-state index is 12.3. The molecule has 2 aromatic rings. The fraction of sp³-hybridized carbons (Fsp3) is 0.250. The molecule has 1 aromatic heterocycles. The highest BCUT2D eigenvalue weighted by atomic mass is 16.2. The summed E-state index contributed by atoms with van der Waals surface area (Å²) in [6.07, 6.45) is 2.99. The van der Waals surface area contributed by atoms with Crippen LogP contribution in [0.4, 0.5) is 11.5 Å². The van der Waals surface area contributed by atoms with Crippen molar-refractivity contribution < 1.29 is 9.59 Å². The Morgan fingerprint density at radius 1 is 1.17 bits per heavy atom. The van der Waals surface area contributed by atoms with Crippen molar-refractivity contribution in [1.29, 1.82) is 0 Å². The Morgan fingerprint density at radius 2 is 1.87 bits per heavy atom. The fourth-order valence-electron chi connectivity index (χ4n) is 1.96. The second-order valence-corrected chi connectivity index (χ2v) is 5.22. The first-order chi connectivity index (χ1) is 11.0. The van der Waals surface area contributed by atoms with Crippen molar-refractivity contribution >= 4 is 23.3 Å². The minimum absolute atomic E-state index is 0.0906. The second kappa shape index (κ2) is 7.35. The molecule has 0 radical (unpaired) electrons. The smallest absolute Gasteiger partial charge is 0.255 e. The summed E-state index contributed by atoms with van der Waals surface area (Å²) in [4.78, 5) is 33.1. The third kappa shape index (κ3) is 4.50. The van der Waals surface area contributed by atoms with Crippen molar-refractivity contribution in [3.05, 3.63) is 47.9 Å². The maximum Gasteiger partial charge on any atom is 0.255 e. The van der Waals surface area contributed by atoms with Crippen LogP contribution in [-0.2, 0) is 11.3 Å². The van der Waals surface area contributed by atoms with Gasteiger partial charge in [-0.05, 0) is 17.7 Å². The minimum Gasteiger partial charge on any atom is -0.361 e. The van der Waals surface area contributed by atoms with Crippen LogP contribution in [-0.4, -0.2) is 35.9 Å². The van der Waals surface area contributed by atoms with Crippen molar-refractivity contribution in [2.45, 2.75) is 13.5 Å². The quantitative estimate of drug-likeness (QED) is 0.872. The van der Waals surface area contributed by atoms with E-state index in [0.29, 0.717) is 23.6 Å². The van der Waals surface area contributed by atoms with Crippen molar-refractivity contribution in [1.82, 2.24) is 15.3 Å². The number of anilines is 2. The van der Waals surface area contributed by atoms with Crippen LogP contribution in [0.25, 0.3) is 0 Å². The van der Waals surface area contributed by atoms with Gasteiger partial charge in [-0.25, -0.2) is 9.97 Å². The molecule has 0 spiro atoms. The lowest BCUT2D eigenvalue weighted by Crippen LogP contribution is -2.19. The van der Waals surface area contributed by atoms with Gasteiger partial charge in [0.15, 0.2) is 5.82 Å². The molecule has 7 heteroatoms. The topological polar surface area (TPSA) is 87.2 Å². The molecular weight excluding hydrogens is 294 g/mol. The van der Waals surface area contributed by atoms with E-state index in [2.05, 4.69) is 20.6 Å². The van der Waals surface area contributed by atoms with Crippen molar-refractivity contribution in [3.8, 4) is 0 Å². The molecule has 7 nitrogen and oxygen atoms in total. The first-order valence-corrected chi connectivity index (χ1v) is 7.09. The standard InChI is InChI=1S/C16H19N5O2/c1-11(22)18-8-12-4-6-13(7-5-12)16(23)20-14-9-17-10-19-15(14)21(2)3/h4-7,9-10H,8H2,1-3H3,(H,18,22)(H,20,23). The van der Waals surface area contributed by atoms with E-state index in [0.717, 1.165) is 5.56 Å². The molecule has 2 rings (SSSR count). The molecule has 0 saturated heterocycles. The van der Waals surface area contributed by atoms with Crippen LogP contribution in [0.2, 0.25) is 0 Å². The second-order valence-electron chi connectivity index (χ2n) is 5.22. The van der Waals surface area contributed by atoms with Gasteiger partial charge in [0.2, 0.25) is 5.91 Å². The summed E-state index contributed by atoms with van der Waals surface area (Å²) in [6, 6.07) is 7.04. The van der Waals surface area contributed by atoms with Gasteiger partial charge in [-0.3, -0.25) is 9.59 Å². The van der Waals surface area contributed by atoms with Crippen molar-refractivity contribution in [2.24, 2.45) is 0 Å². The van der Waals surface area contributed by atoms with E-state index in [1.165, 1.54) is 13.3 Å². The molecule has 2 amide bonds. The lowest BCUT2D eigenvalue weighted by Gasteiger charge is -2.15. The monoisotopic (exact) mass is 313 g/mol. The normalized spacial score (nSPS) is 10.0. The number of aromatic nitrogens is 2. The Kier molecular flexibility index (Phi) is 5.24. The number of carbonyl (C=O) groups is 2. The summed E-state index contributed by atoms with van der Waals surface area (Å²) in [7, 11) is 3.68. The molecule has 120 valence electrons. The number of nitrogens with one attached hydrogen (secondary N) is 2. The van der Waals surface area contributed by atoms with E-state index in [9.17, 15) is 9.59 Å². The zero-order valence-electron chi connectivity index (χ0n) is 13.3. The minimum atomic E-state index is -0.242. The summed E-state index contributed by atoms with van der Waals surface area (Å²) in [5, 5.41) is 5.51. The number of hydrogen-bond donors (Lipinski definition) is 2. The summed E-state index contributed by atoms with van der Waals surface area (Å²) in [5.41, 5.74) is 1.99. The fourth-order valence-corrected chi connectivity index (χ4v) is 1.96. The van der Waals surface area contributed by atoms with E-state index in [1.54, 1.807) is 35.4 Å². The number of hydrogen-bond acceptors (Lipinski definition) is 5. The first kappa shape index (κ1) is 16.4. The first-order valence-electron chi connectivity index (χ1n) is 7.09. The van der Waals surface area contributed by atoms with Crippen LogP contribution in [0.3, 0.4) is 0 Å². The lowest BCUT2D eigenvalue weighted by atomic mass is 10.1. The molecule has 0 aliphatic rings. The maximum absolute atomic E-state index is 12.3. The van der Waals surface area contributed by atoms with Gasteiger partial charge in [0.1, 0.15) is 12.0 Å². The van der Waals surface area contributed by atoms with Crippen LogP contribution in [0.1, 0.15) is 22.8 Å². The average Bonchev–Trinajstić information content (AvgIpc) is 2.53. The summed E-state index contributed by atoms with van der Waals surface area (Å²) in [6.45, 7) is 1.90. The summed E-state index contributed by atoms with van der Waals surface area (Å²) in [5.74, 6) is 0.303. The molecular formula is C16H19N5O2. The molecule has 0 atom stereocenters. The molecule has 23 heavy (non-hydrogen) atoms. The zero-order valence-corrected chi connectivity index (χ0v) is 13.3. The Labute approximate surface area is 134 Å². The highest BCUT2D eigenvalue weighted by Crippen LogP contribution is 2.20. The van der Waals surface area contributed by atoms with Crippen LogP contribution >= 0.6 is 0 Å². The van der Waals surface area contributed by atoms with Gasteiger partial charge >= 0.3 is 0 Å². The van der Waals surface area contributed by atoms with E-state index >= 15 is 0 Å². The van der Waals surface area contributed by atoms with E-state index in [1.807, 2.05) is 14.1 Å². The van der Waals surface area contributed by atoms with E-state index in [4.69, 9.17) is 0 Å². The van der Waals surface area contributed by atoms with E-state index < -0.39 is 0 Å². The molecule has 1 heterocycles.